The lowest BCUT2D eigenvalue weighted by atomic mass is 9.95. The third-order valence-electron chi connectivity index (χ3n) is 5.81. The molecule has 1 N–H and O–H groups in total. The molecule has 0 spiro atoms. The lowest BCUT2D eigenvalue weighted by Crippen LogP contribution is -2.41. The number of hydrogen-bond acceptors (Lipinski definition) is 4. The van der Waals surface area contributed by atoms with Crippen molar-refractivity contribution in [3.8, 4) is 5.75 Å². The Morgan fingerprint density at radius 1 is 1.29 bits per heavy atom. The van der Waals surface area contributed by atoms with Crippen LogP contribution in [-0.2, 0) is 14.9 Å². The predicted molar refractivity (Wildman–Crippen MR) is 122 cm³/mol. The number of carbonyl (C=O) groups is 1. The van der Waals surface area contributed by atoms with Crippen molar-refractivity contribution in [3.05, 3.63) is 29.8 Å². The van der Waals surface area contributed by atoms with E-state index in [1.54, 1.807) is 7.11 Å². The van der Waals surface area contributed by atoms with Crippen molar-refractivity contribution >= 4 is 35.9 Å². The molecule has 156 valence electrons. The van der Waals surface area contributed by atoms with Crippen LogP contribution in [0.5, 0.6) is 5.75 Å². The number of esters is 1. The smallest absolute Gasteiger partial charge is 0.310 e. The van der Waals surface area contributed by atoms with Crippen LogP contribution in [-0.4, -0.2) is 57.2 Å². The second-order valence-corrected chi connectivity index (χ2v) is 7.66. The molecule has 2 aliphatic rings. The standard InChI is InChI=1S/C21H31N3O3.HI/c1-5-22-20(24-12-15(2)16(13-24)19(25)27-4)23-14-21(10-11-21)17-8-6-7-9-18(17)26-3;/h6-9,15-16H,5,10-14H2,1-4H3,(H,22,23);1H. The van der Waals surface area contributed by atoms with Gasteiger partial charge in [-0.2, -0.15) is 0 Å². The summed E-state index contributed by atoms with van der Waals surface area (Å²) in [5, 5.41) is 3.40. The van der Waals surface area contributed by atoms with Crippen LogP contribution in [0.3, 0.4) is 0 Å². The molecular weight excluding hydrogens is 469 g/mol. The third kappa shape index (κ3) is 4.72. The van der Waals surface area contributed by atoms with E-state index in [1.165, 1.54) is 12.7 Å². The van der Waals surface area contributed by atoms with Crippen molar-refractivity contribution in [1.29, 1.82) is 0 Å². The maximum Gasteiger partial charge on any atom is 0.310 e. The number of benzene rings is 1. The molecule has 0 amide bonds. The first-order valence-corrected chi connectivity index (χ1v) is 9.79. The summed E-state index contributed by atoms with van der Waals surface area (Å²) in [7, 11) is 3.18. The Kier molecular flexibility index (Phi) is 7.97. The topological polar surface area (TPSA) is 63.2 Å². The van der Waals surface area contributed by atoms with Crippen molar-refractivity contribution in [2.75, 3.05) is 40.4 Å². The van der Waals surface area contributed by atoms with Gasteiger partial charge in [0.15, 0.2) is 5.96 Å². The molecule has 2 fully saturated rings. The summed E-state index contributed by atoms with van der Waals surface area (Å²) in [4.78, 5) is 19.2. The van der Waals surface area contributed by atoms with E-state index >= 15 is 0 Å². The molecule has 28 heavy (non-hydrogen) atoms. The number of aliphatic imine (C=N–C) groups is 1. The summed E-state index contributed by atoms with van der Waals surface area (Å²) in [6.45, 7) is 7.16. The maximum atomic E-state index is 12.0. The molecule has 2 atom stereocenters. The van der Waals surface area contributed by atoms with E-state index in [2.05, 4.69) is 36.2 Å². The average Bonchev–Trinajstić information content (AvgIpc) is 3.39. The summed E-state index contributed by atoms with van der Waals surface area (Å²) >= 11 is 0. The number of rotatable bonds is 6. The minimum Gasteiger partial charge on any atom is -0.496 e. The molecule has 6 nitrogen and oxygen atoms in total. The van der Waals surface area contributed by atoms with Crippen molar-refractivity contribution in [2.24, 2.45) is 16.8 Å². The van der Waals surface area contributed by atoms with E-state index in [-0.39, 0.29) is 47.2 Å². The van der Waals surface area contributed by atoms with E-state index in [0.717, 1.165) is 44.2 Å². The van der Waals surface area contributed by atoms with Crippen LogP contribution < -0.4 is 10.1 Å². The number of methoxy groups -OCH3 is 2. The fourth-order valence-electron chi connectivity index (χ4n) is 4.00. The Morgan fingerprint density at radius 2 is 2.00 bits per heavy atom. The second-order valence-electron chi connectivity index (χ2n) is 7.66. The SMILES string of the molecule is CCNC(=NCC1(c2ccccc2OC)CC1)N1CC(C)C(C(=O)OC)C1.I. The van der Waals surface area contributed by atoms with Gasteiger partial charge in [0.2, 0.25) is 0 Å². The predicted octanol–water partition coefficient (Wildman–Crippen LogP) is 3.05. The second kappa shape index (κ2) is 9.80. The Bertz CT molecular complexity index is 706. The quantitative estimate of drug-likeness (QED) is 0.281. The minimum absolute atomic E-state index is 0. The fraction of sp³-hybridized carbons (Fsp3) is 0.619. The highest BCUT2D eigenvalue weighted by atomic mass is 127. The van der Waals surface area contributed by atoms with E-state index in [9.17, 15) is 4.79 Å². The van der Waals surface area contributed by atoms with Crippen LogP contribution in [0.1, 0.15) is 32.3 Å². The van der Waals surface area contributed by atoms with E-state index in [0.29, 0.717) is 6.54 Å². The molecule has 1 aromatic rings. The average molecular weight is 501 g/mol. The molecule has 3 rings (SSSR count). The normalized spacial score (nSPS) is 23.0. The molecule has 0 aromatic heterocycles. The van der Waals surface area contributed by atoms with E-state index in [4.69, 9.17) is 14.5 Å². The van der Waals surface area contributed by atoms with Gasteiger partial charge in [-0.3, -0.25) is 9.79 Å². The number of para-hydroxylation sites is 1. The molecule has 7 heteroatoms. The van der Waals surface area contributed by atoms with Crippen molar-refractivity contribution in [2.45, 2.75) is 32.1 Å². The fourth-order valence-corrected chi connectivity index (χ4v) is 4.00. The molecule has 0 bridgehead atoms. The summed E-state index contributed by atoms with van der Waals surface area (Å²) < 4.78 is 10.5. The van der Waals surface area contributed by atoms with Gasteiger partial charge >= 0.3 is 5.97 Å². The van der Waals surface area contributed by atoms with Crippen molar-refractivity contribution in [1.82, 2.24) is 10.2 Å². The Labute approximate surface area is 185 Å². The third-order valence-corrected chi connectivity index (χ3v) is 5.81. The van der Waals surface area contributed by atoms with Gasteiger partial charge in [-0.15, -0.1) is 24.0 Å². The zero-order valence-corrected chi connectivity index (χ0v) is 19.6. The van der Waals surface area contributed by atoms with Gasteiger partial charge in [-0.25, -0.2) is 0 Å². The first kappa shape index (κ1) is 22.8. The number of halogens is 1. The van der Waals surface area contributed by atoms with Gasteiger partial charge in [0, 0.05) is 30.6 Å². The highest BCUT2D eigenvalue weighted by molar-refractivity contribution is 14.0. The van der Waals surface area contributed by atoms with Gasteiger partial charge in [0.1, 0.15) is 5.75 Å². The number of nitrogens with zero attached hydrogens (tertiary/aromatic N) is 2. The minimum atomic E-state index is -0.131. The lowest BCUT2D eigenvalue weighted by Gasteiger charge is -2.23. The summed E-state index contributed by atoms with van der Waals surface area (Å²) in [6.07, 6.45) is 2.24. The zero-order chi connectivity index (χ0) is 19.4. The van der Waals surface area contributed by atoms with Crippen LogP contribution in [0.2, 0.25) is 0 Å². The Balaban J connectivity index is 0.00000280. The number of carbonyl (C=O) groups excluding carboxylic acids is 1. The number of guanidine groups is 1. The largest absolute Gasteiger partial charge is 0.496 e. The summed E-state index contributed by atoms with van der Waals surface area (Å²) in [5.41, 5.74) is 1.31. The van der Waals surface area contributed by atoms with E-state index < -0.39 is 0 Å². The first-order chi connectivity index (χ1) is 13.0. The van der Waals surface area contributed by atoms with Gasteiger partial charge in [-0.1, -0.05) is 25.1 Å². The molecule has 1 saturated carbocycles. The molecule has 0 radical (unpaired) electrons. The maximum absolute atomic E-state index is 12.0. The Morgan fingerprint density at radius 3 is 2.61 bits per heavy atom. The number of likely N-dealkylation sites (tertiary alicyclic amines) is 1. The van der Waals surface area contributed by atoms with Gasteiger partial charge in [0.05, 0.1) is 26.7 Å². The molecule has 1 aromatic carbocycles. The molecule has 1 heterocycles. The molecular formula is C21H32IN3O3. The monoisotopic (exact) mass is 501 g/mol. The molecule has 1 aliphatic heterocycles. The highest BCUT2D eigenvalue weighted by Gasteiger charge is 2.46. The number of ether oxygens (including phenoxy) is 2. The highest BCUT2D eigenvalue weighted by Crippen LogP contribution is 2.51. The van der Waals surface area contributed by atoms with E-state index in [1.807, 2.05) is 12.1 Å². The van der Waals surface area contributed by atoms with Gasteiger partial charge in [0.25, 0.3) is 0 Å². The molecule has 1 saturated heterocycles. The van der Waals surface area contributed by atoms with Crippen LogP contribution in [0, 0.1) is 11.8 Å². The van der Waals surface area contributed by atoms with Crippen LogP contribution in [0.4, 0.5) is 0 Å². The van der Waals surface area contributed by atoms with Crippen molar-refractivity contribution in [3.63, 3.8) is 0 Å². The lowest BCUT2D eigenvalue weighted by molar-refractivity contribution is -0.145. The number of hydrogen-bond donors (Lipinski definition) is 1. The summed E-state index contributed by atoms with van der Waals surface area (Å²) in [5.74, 6) is 1.86. The van der Waals surface area contributed by atoms with Crippen LogP contribution >= 0.6 is 24.0 Å². The van der Waals surface area contributed by atoms with Gasteiger partial charge < -0.3 is 19.7 Å². The summed E-state index contributed by atoms with van der Waals surface area (Å²) in [6, 6.07) is 8.24. The number of nitrogens with one attached hydrogen (secondary N) is 1. The first-order valence-electron chi connectivity index (χ1n) is 9.79. The van der Waals surface area contributed by atoms with Crippen LogP contribution in [0.25, 0.3) is 0 Å². The van der Waals surface area contributed by atoms with Gasteiger partial charge in [-0.05, 0) is 31.7 Å². The van der Waals surface area contributed by atoms with Crippen molar-refractivity contribution < 1.29 is 14.3 Å². The molecule has 2 unspecified atom stereocenters. The van der Waals surface area contributed by atoms with Crippen LogP contribution in [0.15, 0.2) is 29.3 Å². The molecule has 1 aliphatic carbocycles. The Hall–Kier alpha value is -1.51. The zero-order valence-electron chi connectivity index (χ0n) is 17.2.